The highest BCUT2D eigenvalue weighted by atomic mass is 32.2. The molecule has 1 aliphatic carbocycles. The normalized spacial score (nSPS) is 18.4. The first kappa shape index (κ1) is 23.0. The van der Waals surface area contributed by atoms with Crippen LogP contribution in [-0.2, 0) is 10.0 Å². The third kappa shape index (κ3) is 3.83. The summed E-state index contributed by atoms with van der Waals surface area (Å²) in [4.78, 5) is 1.93. The van der Waals surface area contributed by atoms with Gasteiger partial charge in [-0.3, -0.25) is 0 Å². The highest BCUT2D eigenvalue weighted by molar-refractivity contribution is 7.89. The van der Waals surface area contributed by atoms with Gasteiger partial charge < -0.3 is 15.4 Å². The predicted molar refractivity (Wildman–Crippen MR) is 136 cm³/mol. The van der Waals surface area contributed by atoms with Gasteiger partial charge in [0.05, 0.1) is 23.6 Å². The van der Waals surface area contributed by atoms with Crippen molar-refractivity contribution in [3.05, 3.63) is 88.9 Å². The van der Waals surface area contributed by atoms with Gasteiger partial charge in [0.1, 0.15) is 11.6 Å². The Labute approximate surface area is 205 Å². The number of benzene rings is 3. The van der Waals surface area contributed by atoms with Gasteiger partial charge in [-0.1, -0.05) is 30.3 Å². The Morgan fingerprint density at radius 1 is 1.00 bits per heavy atom. The molecular weight excluding hydrogens is 460 g/mol. The lowest BCUT2D eigenvalue weighted by Crippen LogP contribution is -2.36. The number of hydrogen-bond donors (Lipinski definition) is 2. The fourth-order valence-corrected chi connectivity index (χ4v) is 5.85. The number of hydrogen-bond acceptors (Lipinski definition) is 6. The standard InChI is InChI=1S/C27H26N4O3S/c1-34-25-15-14-21(19-6-2-3-7-20(19)25)26-22-8-4-5-9-24(22)31(27(29)23(26)16-28)17-10-12-18(13-11-17)35(30,32)33/h2-3,6-7,10-15,26H,4-5,8-9,29H2,1H3,(H2,30,32,33). The van der Waals surface area contributed by atoms with Crippen LogP contribution >= 0.6 is 0 Å². The summed E-state index contributed by atoms with van der Waals surface area (Å²) in [6, 6.07) is 20.7. The second-order valence-electron chi connectivity index (χ2n) is 8.80. The van der Waals surface area contributed by atoms with E-state index in [2.05, 4.69) is 12.1 Å². The highest BCUT2D eigenvalue weighted by Crippen LogP contribution is 2.49. The summed E-state index contributed by atoms with van der Waals surface area (Å²) < 4.78 is 29.1. The Hall–Kier alpha value is -3.80. The molecule has 0 saturated heterocycles. The molecule has 0 bridgehead atoms. The number of nitriles is 1. The molecule has 1 unspecified atom stereocenters. The van der Waals surface area contributed by atoms with E-state index in [-0.39, 0.29) is 10.8 Å². The number of anilines is 1. The maximum absolute atomic E-state index is 11.7. The molecule has 3 aromatic rings. The smallest absolute Gasteiger partial charge is 0.238 e. The van der Waals surface area contributed by atoms with Gasteiger partial charge in [-0.05, 0) is 72.5 Å². The van der Waals surface area contributed by atoms with E-state index in [1.165, 1.54) is 17.7 Å². The number of fused-ring (bicyclic) bond motifs is 1. The summed E-state index contributed by atoms with van der Waals surface area (Å²) >= 11 is 0. The molecule has 0 aromatic heterocycles. The van der Waals surface area contributed by atoms with E-state index in [1.807, 2.05) is 35.2 Å². The molecule has 7 nitrogen and oxygen atoms in total. The Bertz CT molecular complexity index is 1530. The number of primary sulfonamides is 1. The minimum Gasteiger partial charge on any atom is -0.496 e. The molecule has 178 valence electrons. The van der Waals surface area contributed by atoms with Crippen LogP contribution < -0.4 is 20.5 Å². The second kappa shape index (κ2) is 8.77. The largest absolute Gasteiger partial charge is 0.496 e. The Balaban J connectivity index is 1.72. The minimum atomic E-state index is -3.81. The molecule has 0 saturated carbocycles. The van der Waals surface area contributed by atoms with Crippen molar-refractivity contribution in [2.24, 2.45) is 10.9 Å². The van der Waals surface area contributed by atoms with Gasteiger partial charge in [-0.2, -0.15) is 5.26 Å². The van der Waals surface area contributed by atoms with Gasteiger partial charge in [0, 0.05) is 22.7 Å². The third-order valence-electron chi connectivity index (χ3n) is 6.90. The lowest BCUT2D eigenvalue weighted by atomic mass is 9.75. The lowest BCUT2D eigenvalue weighted by molar-refractivity contribution is 0.419. The van der Waals surface area contributed by atoms with E-state index >= 15 is 0 Å². The third-order valence-corrected chi connectivity index (χ3v) is 7.83. The number of ether oxygens (including phenoxy) is 1. The summed E-state index contributed by atoms with van der Waals surface area (Å²) in [6.07, 6.45) is 3.71. The number of nitrogens with two attached hydrogens (primary N) is 2. The Morgan fingerprint density at radius 3 is 2.34 bits per heavy atom. The predicted octanol–water partition coefficient (Wildman–Crippen LogP) is 4.62. The van der Waals surface area contributed by atoms with E-state index in [9.17, 15) is 13.7 Å². The van der Waals surface area contributed by atoms with Crippen molar-refractivity contribution in [1.29, 1.82) is 5.26 Å². The molecule has 0 fully saturated rings. The van der Waals surface area contributed by atoms with Crippen molar-refractivity contribution in [2.45, 2.75) is 36.5 Å². The second-order valence-corrected chi connectivity index (χ2v) is 10.4. The molecule has 0 radical (unpaired) electrons. The average Bonchev–Trinajstić information content (AvgIpc) is 2.87. The summed E-state index contributed by atoms with van der Waals surface area (Å²) in [6.45, 7) is 0. The molecule has 35 heavy (non-hydrogen) atoms. The van der Waals surface area contributed by atoms with Crippen molar-refractivity contribution in [1.82, 2.24) is 0 Å². The van der Waals surface area contributed by atoms with E-state index in [1.54, 1.807) is 19.2 Å². The van der Waals surface area contributed by atoms with Crippen LogP contribution in [0.2, 0.25) is 0 Å². The minimum absolute atomic E-state index is 0.0294. The summed E-state index contributed by atoms with van der Waals surface area (Å²) in [5.74, 6) is 0.887. The first-order valence-electron chi connectivity index (χ1n) is 11.5. The molecule has 1 atom stereocenters. The first-order valence-corrected chi connectivity index (χ1v) is 13.0. The van der Waals surface area contributed by atoms with Crippen LogP contribution in [0.5, 0.6) is 5.75 Å². The SMILES string of the molecule is COc1ccc(C2C(C#N)=C(N)N(c3ccc(S(N)(=O)=O)cc3)C3=C2CCCC3)c2ccccc12. The monoisotopic (exact) mass is 486 g/mol. The molecule has 3 aromatic carbocycles. The first-order chi connectivity index (χ1) is 16.8. The van der Waals surface area contributed by atoms with Gasteiger partial charge in [0.25, 0.3) is 0 Å². The van der Waals surface area contributed by atoms with Gasteiger partial charge >= 0.3 is 0 Å². The Kier molecular flexibility index (Phi) is 5.75. The zero-order chi connectivity index (χ0) is 24.7. The Morgan fingerprint density at radius 2 is 1.69 bits per heavy atom. The number of sulfonamides is 1. The van der Waals surface area contributed by atoms with Crippen LogP contribution in [0.1, 0.15) is 37.2 Å². The zero-order valence-electron chi connectivity index (χ0n) is 19.4. The summed E-state index contributed by atoms with van der Waals surface area (Å²) in [5.41, 5.74) is 11.2. The van der Waals surface area contributed by atoms with Crippen LogP contribution in [0.3, 0.4) is 0 Å². The molecule has 4 N–H and O–H groups in total. The van der Waals surface area contributed by atoms with Crippen LogP contribution in [0.15, 0.2) is 88.2 Å². The van der Waals surface area contributed by atoms with E-state index in [0.29, 0.717) is 17.1 Å². The van der Waals surface area contributed by atoms with Crippen LogP contribution in [-0.4, -0.2) is 15.5 Å². The maximum Gasteiger partial charge on any atom is 0.238 e. The van der Waals surface area contributed by atoms with Crippen LogP contribution in [0, 0.1) is 11.3 Å². The van der Waals surface area contributed by atoms with Crippen molar-refractivity contribution in [2.75, 3.05) is 12.0 Å². The molecule has 0 amide bonds. The van der Waals surface area contributed by atoms with Gasteiger partial charge in [0.2, 0.25) is 10.0 Å². The summed E-state index contributed by atoms with van der Waals surface area (Å²) in [5, 5.41) is 17.6. The molecule has 5 rings (SSSR count). The van der Waals surface area contributed by atoms with Crippen LogP contribution in [0.4, 0.5) is 5.69 Å². The quantitative estimate of drug-likeness (QED) is 0.555. The number of allylic oxidation sites excluding steroid dienone is 3. The molecule has 2 aliphatic rings. The fourth-order valence-electron chi connectivity index (χ4n) is 5.34. The molecule has 0 spiro atoms. The number of nitrogens with zero attached hydrogens (tertiary/aromatic N) is 2. The average molecular weight is 487 g/mol. The highest BCUT2D eigenvalue weighted by Gasteiger charge is 2.37. The zero-order valence-corrected chi connectivity index (χ0v) is 20.2. The van der Waals surface area contributed by atoms with E-state index < -0.39 is 10.0 Å². The molecule has 1 heterocycles. The van der Waals surface area contributed by atoms with Crippen molar-refractivity contribution in [3.63, 3.8) is 0 Å². The maximum atomic E-state index is 11.7. The lowest BCUT2D eigenvalue weighted by Gasteiger charge is -2.40. The molecule has 8 heteroatoms. The topological polar surface area (TPSA) is 122 Å². The number of rotatable bonds is 4. The van der Waals surface area contributed by atoms with Crippen molar-refractivity contribution >= 4 is 26.5 Å². The molecular formula is C27H26N4O3S. The van der Waals surface area contributed by atoms with Gasteiger partial charge in [0.15, 0.2) is 0 Å². The van der Waals surface area contributed by atoms with Crippen LogP contribution in [0.25, 0.3) is 10.8 Å². The van der Waals surface area contributed by atoms with Crippen molar-refractivity contribution < 1.29 is 13.2 Å². The van der Waals surface area contributed by atoms with Gasteiger partial charge in [-0.25, -0.2) is 13.6 Å². The van der Waals surface area contributed by atoms with E-state index in [4.69, 9.17) is 15.6 Å². The summed E-state index contributed by atoms with van der Waals surface area (Å²) in [7, 11) is -2.16. The fraction of sp³-hybridized carbons (Fsp3) is 0.222. The molecule has 1 aliphatic heterocycles. The van der Waals surface area contributed by atoms with Crippen molar-refractivity contribution in [3.8, 4) is 11.8 Å². The number of methoxy groups -OCH3 is 1. The van der Waals surface area contributed by atoms with E-state index in [0.717, 1.165) is 53.5 Å². The van der Waals surface area contributed by atoms with Gasteiger partial charge in [-0.15, -0.1) is 0 Å².